The third-order valence-electron chi connectivity index (χ3n) is 3.68. The first-order valence-electron chi connectivity index (χ1n) is 8.52. The molecule has 0 aliphatic carbocycles. The van der Waals surface area contributed by atoms with Crippen LogP contribution in [0.2, 0.25) is 10.0 Å². The molecule has 0 aliphatic heterocycles. The van der Waals surface area contributed by atoms with E-state index in [1.165, 1.54) is 24.3 Å². The van der Waals surface area contributed by atoms with Gasteiger partial charge in [0.15, 0.2) is 0 Å². The van der Waals surface area contributed by atoms with E-state index in [0.29, 0.717) is 15.7 Å². The van der Waals surface area contributed by atoms with E-state index in [2.05, 4.69) is 25.3 Å². The zero-order chi connectivity index (χ0) is 22.6. The number of hydrogen-bond acceptors (Lipinski definition) is 6. The van der Waals surface area contributed by atoms with Crippen molar-refractivity contribution in [2.45, 2.75) is 6.36 Å². The smallest absolute Gasteiger partial charge is 0.480 e. The molecule has 3 aromatic rings. The number of carbonyl (C=O) groups is 1. The van der Waals surface area contributed by atoms with Crippen LogP contribution < -0.4 is 15.4 Å². The van der Waals surface area contributed by atoms with Gasteiger partial charge >= 0.3 is 12.3 Å². The predicted octanol–water partition coefficient (Wildman–Crippen LogP) is 5.59. The second kappa shape index (κ2) is 9.27. The molecule has 7 nitrogen and oxygen atoms in total. The van der Waals surface area contributed by atoms with Gasteiger partial charge in [-0.15, -0.1) is 13.2 Å². The van der Waals surface area contributed by atoms with E-state index in [-0.39, 0.29) is 23.0 Å². The molecule has 3 N–H and O–H groups in total. The quantitative estimate of drug-likeness (QED) is 0.412. The number of nitrogens with one attached hydrogen (secondary N) is 2. The SMILES string of the molecule is O=C(O)CNc1nc(Nc2ccc(Cl)cc2Cl)cc(-c2cccc(OC(F)(F)F)c2)n1. The van der Waals surface area contributed by atoms with Gasteiger partial charge in [0.2, 0.25) is 5.95 Å². The highest BCUT2D eigenvalue weighted by Gasteiger charge is 2.31. The summed E-state index contributed by atoms with van der Waals surface area (Å²) >= 11 is 12.0. The van der Waals surface area contributed by atoms with Crippen molar-refractivity contribution in [3.05, 3.63) is 58.6 Å². The van der Waals surface area contributed by atoms with Gasteiger partial charge in [-0.2, -0.15) is 4.98 Å². The molecule has 12 heteroatoms. The van der Waals surface area contributed by atoms with Crippen LogP contribution in [0.25, 0.3) is 11.3 Å². The Hall–Kier alpha value is -3.24. The fraction of sp³-hybridized carbons (Fsp3) is 0.105. The number of nitrogens with zero attached hydrogens (tertiary/aromatic N) is 2. The average Bonchev–Trinajstić information content (AvgIpc) is 2.67. The maximum Gasteiger partial charge on any atom is 0.573 e. The van der Waals surface area contributed by atoms with Crippen molar-refractivity contribution >= 4 is 46.6 Å². The molecule has 0 atom stereocenters. The van der Waals surface area contributed by atoms with Gasteiger partial charge in [0.1, 0.15) is 18.1 Å². The Morgan fingerprint density at radius 1 is 1.10 bits per heavy atom. The zero-order valence-electron chi connectivity index (χ0n) is 15.4. The molecule has 0 amide bonds. The third-order valence-corrected chi connectivity index (χ3v) is 4.23. The van der Waals surface area contributed by atoms with Gasteiger partial charge in [0, 0.05) is 16.7 Å². The summed E-state index contributed by atoms with van der Waals surface area (Å²) in [5.74, 6) is -1.43. The number of alkyl halides is 3. The summed E-state index contributed by atoms with van der Waals surface area (Å²) in [6.07, 6.45) is -4.85. The van der Waals surface area contributed by atoms with Gasteiger partial charge in [-0.3, -0.25) is 4.79 Å². The molecule has 162 valence electrons. The van der Waals surface area contributed by atoms with Crippen LogP contribution in [-0.4, -0.2) is 34.0 Å². The Kier molecular flexibility index (Phi) is 6.71. The molecular weight excluding hydrogens is 460 g/mol. The van der Waals surface area contributed by atoms with Crippen molar-refractivity contribution in [1.82, 2.24) is 9.97 Å². The van der Waals surface area contributed by atoms with Crippen LogP contribution in [-0.2, 0) is 4.79 Å². The molecule has 0 saturated carbocycles. The summed E-state index contributed by atoms with van der Waals surface area (Å²) in [5, 5.41) is 15.1. The van der Waals surface area contributed by atoms with Gasteiger partial charge in [0.25, 0.3) is 0 Å². The molecule has 1 heterocycles. The monoisotopic (exact) mass is 472 g/mol. The molecule has 3 rings (SSSR count). The summed E-state index contributed by atoms with van der Waals surface area (Å²) < 4.78 is 41.6. The molecule has 0 fully saturated rings. The number of aromatic nitrogens is 2. The second-order valence-corrected chi connectivity index (χ2v) is 6.88. The number of aliphatic carboxylic acids is 1. The molecule has 0 aliphatic rings. The molecule has 0 bridgehead atoms. The normalized spacial score (nSPS) is 11.1. The van der Waals surface area contributed by atoms with Crippen LogP contribution in [0.15, 0.2) is 48.5 Å². The van der Waals surface area contributed by atoms with Gasteiger partial charge < -0.3 is 20.5 Å². The van der Waals surface area contributed by atoms with E-state index < -0.39 is 24.6 Å². The highest BCUT2D eigenvalue weighted by atomic mass is 35.5. The topological polar surface area (TPSA) is 96.4 Å². The summed E-state index contributed by atoms with van der Waals surface area (Å²) in [4.78, 5) is 19.2. The van der Waals surface area contributed by atoms with Crippen LogP contribution in [0, 0.1) is 0 Å². The lowest BCUT2D eigenvalue weighted by atomic mass is 10.1. The zero-order valence-corrected chi connectivity index (χ0v) is 16.9. The Morgan fingerprint density at radius 2 is 1.87 bits per heavy atom. The van der Waals surface area contributed by atoms with Crippen LogP contribution in [0.3, 0.4) is 0 Å². The Bertz CT molecular complexity index is 1110. The van der Waals surface area contributed by atoms with Crippen LogP contribution in [0.1, 0.15) is 0 Å². The molecule has 0 saturated heterocycles. The first-order valence-corrected chi connectivity index (χ1v) is 9.28. The number of hydrogen-bond donors (Lipinski definition) is 3. The third kappa shape index (κ3) is 6.63. The van der Waals surface area contributed by atoms with Crippen molar-refractivity contribution in [2.24, 2.45) is 0 Å². The molecule has 0 unspecified atom stereocenters. The van der Waals surface area contributed by atoms with E-state index >= 15 is 0 Å². The average molecular weight is 473 g/mol. The van der Waals surface area contributed by atoms with Gasteiger partial charge in [-0.25, -0.2) is 4.98 Å². The van der Waals surface area contributed by atoms with E-state index in [4.69, 9.17) is 28.3 Å². The maximum atomic E-state index is 12.5. The van der Waals surface area contributed by atoms with Gasteiger partial charge in [-0.1, -0.05) is 35.3 Å². The number of rotatable bonds is 7. The summed E-state index contributed by atoms with van der Waals surface area (Å²) in [6.45, 7) is -0.470. The van der Waals surface area contributed by atoms with Crippen molar-refractivity contribution in [2.75, 3.05) is 17.2 Å². The molecular formula is C19H13Cl2F3N4O3. The van der Waals surface area contributed by atoms with E-state index in [1.54, 1.807) is 12.1 Å². The number of ether oxygens (including phenoxy) is 1. The lowest BCUT2D eigenvalue weighted by molar-refractivity contribution is -0.274. The van der Waals surface area contributed by atoms with Crippen molar-refractivity contribution < 1.29 is 27.8 Å². The van der Waals surface area contributed by atoms with Crippen LogP contribution >= 0.6 is 23.2 Å². The molecule has 0 radical (unpaired) electrons. The highest BCUT2D eigenvalue weighted by molar-refractivity contribution is 6.36. The van der Waals surface area contributed by atoms with E-state index in [0.717, 1.165) is 12.1 Å². The number of anilines is 3. The van der Waals surface area contributed by atoms with Gasteiger partial charge in [-0.05, 0) is 30.3 Å². The summed E-state index contributed by atoms with van der Waals surface area (Å²) in [5.41, 5.74) is 0.949. The largest absolute Gasteiger partial charge is 0.573 e. The Balaban J connectivity index is 1.99. The highest BCUT2D eigenvalue weighted by Crippen LogP contribution is 2.31. The number of halogens is 5. The summed E-state index contributed by atoms with van der Waals surface area (Å²) in [7, 11) is 0. The first kappa shape index (κ1) is 22.4. The van der Waals surface area contributed by atoms with Crippen LogP contribution in [0.4, 0.5) is 30.6 Å². The molecule has 1 aromatic heterocycles. The van der Waals surface area contributed by atoms with Crippen LogP contribution in [0.5, 0.6) is 5.75 Å². The minimum Gasteiger partial charge on any atom is -0.480 e. The van der Waals surface area contributed by atoms with E-state index in [9.17, 15) is 18.0 Å². The number of carboxylic acids is 1. The standard InChI is InChI=1S/C19H13Cl2F3N4O3/c20-11-4-5-14(13(21)7-11)26-16-8-15(27-18(28-16)25-9-17(29)30)10-2-1-3-12(6-10)31-19(22,23)24/h1-8H,9H2,(H,29,30)(H2,25,26,27,28). The van der Waals surface area contributed by atoms with Crippen molar-refractivity contribution in [1.29, 1.82) is 0 Å². The molecule has 31 heavy (non-hydrogen) atoms. The second-order valence-electron chi connectivity index (χ2n) is 6.03. The van der Waals surface area contributed by atoms with Crippen molar-refractivity contribution in [3.8, 4) is 17.0 Å². The minimum atomic E-state index is -4.85. The minimum absolute atomic E-state index is 0.0605. The maximum absolute atomic E-state index is 12.5. The molecule has 0 spiro atoms. The Morgan fingerprint density at radius 3 is 2.55 bits per heavy atom. The summed E-state index contributed by atoms with van der Waals surface area (Å²) in [6, 6.07) is 11.4. The fourth-order valence-electron chi connectivity index (χ4n) is 2.47. The molecule has 2 aromatic carbocycles. The Labute approximate surface area is 183 Å². The lowest BCUT2D eigenvalue weighted by Gasteiger charge is -2.13. The number of benzene rings is 2. The lowest BCUT2D eigenvalue weighted by Crippen LogP contribution is -2.17. The fourth-order valence-corrected chi connectivity index (χ4v) is 2.93. The first-order chi connectivity index (χ1) is 14.6. The predicted molar refractivity (Wildman–Crippen MR) is 110 cm³/mol. The van der Waals surface area contributed by atoms with Gasteiger partial charge in [0.05, 0.1) is 16.4 Å². The number of carboxylic acid groups (broad SMARTS) is 1. The van der Waals surface area contributed by atoms with Crippen molar-refractivity contribution in [3.63, 3.8) is 0 Å². The van der Waals surface area contributed by atoms with E-state index in [1.807, 2.05) is 0 Å².